The van der Waals surface area contributed by atoms with E-state index < -0.39 is 0 Å². The molecule has 15 heavy (non-hydrogen) atoms. The fraction of sp³-hybridized carbons (Fsp3) is 0.100. The van der Waals surface area contributed by atoms with Crippen LogP contribution in [0.15, 0.2) is 10.5 Å². The number of rotatable bonds is 0. The number of aromatic nitrogens is 1. The van der Waals surface area contributed by atoms with Gasteiger partial charge in [-0.25, -0.2) is 4.98 Å². The van der Waals surface area contributed by atoms with Gasteiger partial charge in [-0.1, -0.05) is 0 Å². The number of thiazole rings is 1. The van der Waals surface area contributed by atoms with Crippen LogP contribution in [0.2, 0.25) is 0 Å². The van der Waals surface area contributed by atoms with Crippen molar-refractivity contribution in [1.29, 1.82) is 10.5 Å². The summed E-state index contributed by atoms with van der Waals surface area (Å²) >= 11 is 4.78. The Labute approximate surface area is 98.7 Å². The summed E-state index contributed by atoms with van der Waals surface area (Å²) in [5.41, 5.74) is 1.56. The Bertz CT molecular complexity index is 631. The van der Waals surface area contributed by atoms with Crippen molar-refractivity contribution in [3.05, 3.63) is 26.7 Å². The topological polar surface area (TPSA) is 60.5 Å². The molecule has 0 fully saturated rings. The fourth-order valence-corrected chi connectivity index (χ4v) is 2.94. The van der Waals surface area contributed by atoms with Gasteiger partial charge in [0.05, 0.1) is 26.4 Å². The molecular formula is C10H4BrN3S. The maximum atomic E-state index is 9.01. The van der Waals surface area contributed by atoms with Crippen LogP contribution in [0, 0.1) is 29.6 Å². The molecule has 0 amide bonds. The highest BCUT2D eigenvalue weighted by Crippen LogP contribution is 2.33. The number of hydrogen-bond donors (Lipinski definition) is 0. The maximum absolute atomic E-state index is 9.01. The minimum atomic E-state index is 0.389. The molecule has 1 aromatic carbocycles. The molecule has 0 saturated carbocycles. The van der Waals surface area contributed by atoms with Crippen molar-refractivity contribution in [1.82, 2.24) is 4.98 Å². The van der Waals surface area contributed by atoms with Crippen LogP contribution in [-0.4, -0.2) is 4.98 Å². The van der Waals surface area contributed by atoms with Gasteiger partial charge in [0.1, 0.15) is 12.1 Å². The second kappa shape index (κ2) is 3.62. The Hall–Kier alpha value is -1.43. The Morgan fingerprint density at radius 1 is 1.40 bits per heavy atom. The van der Waals surface area contributed by atoms with Gasteiger partial charge in [0, 0.05) is 4.47 Å². The van der Waals surface area contributed by atoms with E-state index in [1.165, 1.54) is 11.3 Å². The molecule has 0 aliphatic heterocycles. The molecule has 0 N–H and O–H groups in total. The molecule has 0 spiro atoms. The van der Waals surface area contributed by atoms with Gasteiger partial charge in [-0.2, -0.15) is 10.5 Å². The number of fused-ring (bicyclic) bond motifs is 1. The molecule has 0 radical (unpaired) electrons. The lowest BCUT2D eigenvalue weighted by Crippen LogP contribution is -1.85. The smallest absolute Gasteiger partial charge is 0.102 e. The summed E-state index contributed by atoms with van der Waals surface area (Å²) in [7, 11) is 0. The number of aryl methyl sites for hydroxylation is 1. The van der Waals surface area contributed by atoms with Crippen LogP contribution in [0.3, 0.4) is 0 Å². The predicted molar refractivity (Wildman–Crippen MR) is 61.5 cm³/mol. The van der Waals surface area contributed by atoms with Crippen molar-refractivity contribution < 1.29 is 0 Å². The lowest BCUT2D eigenvalue weighted by molar-refractivity contribution is 1.34. The zero-order valence-electron chi connectivity index (χ0n) is 7.71. The van der Waals surface area contributed by atoms with E-state index in [1.54, 1.807) is 6.07 Å². The van der Waals surface area contributed by atoms with Gasteiger partial charge < -0.3 is 0 Å². The van der Waals surface area contributed by atoms with E-state index in [1.807, 2.05) is 13.0 Å². The monoisotopic (exact) mass is 277 g/mol. The second-order valence-corrected chi connectivity index (χ2v) is 4.97. The molecule has 0 bridgehead atoms. The van der Waals surface area contributed by atoms with Gasteiger partial charge in [-0.15, -0.1) is 11.3 Å². The average molecular weight is 278 g/mol. The third-order valence-corrected chi connectivity index (χ3v) is 3.55. The highest BCUT2D eigenvalue weighted by atomic mass is 79.9. The van der Waals surface area contributed by atoms with E-state index in [0.29, 0.717) is 11.1 Å². The van der Waals surface area contributed by atoms with Crippen LogP contribution in [0.5, 0.6) is 0 Å². The highest BCUT2D eigenvalue weighted by molar-refractivity contribution is 9.10. The summed E-state index contributed by atoms with van der Waals surface area (Å²) in [6, 6.07) is 5.71. The Kier molecular flexibility index (Phi) is 2.44. The van der Waals surface area contributed by atoms with Crippen LogP contribution in [-0.2, 0) is 0 Å². The van der Waals surface area contributed by atoms with E-state index in [4.69, 9.17) is 10.5 Å². The zero-order chi connectivity index (χ0) is 11.0. The van der Waals surface area contributed by atoms with Crippen LogP contribution < -0.4 is 0 Å². The summed E-state index contributed by atoms with van der Waals surface area (Å²) in [5.74, 6) is 0. The Morgan fingerprint density at radius 2 is 2.13 bits per heavy atom. The quantitative estimate of drug-likeness (QED) is 0.743. The number of hydrogen-bond acceptors (Lipinski definition) is 4. The highest BCUT2D eigenvalue weighted by Gasteiger charge is 2.14. The summed E-state index contributed by atoms with van der Waals surface area (Å²) in [4.78, 5) is 4.31. The third kappa shape index (κ3) is 1.50. The van der Waals surface area contributed by atoms with Gasteiger partial charge in [0.2, 0.25) is 0 Å². The number of halogens is 1. The standard InChI is InChI=1S/C10H4BrN3S/c1-5-14-9-8(11)2-6(3-12)7(4-13)10(9)15-5/h2H,1H3. The van der Waals surface area contributed by atoms with Crippen LogP contribution in [0.1, 0.15) is 16.1 Å². The van der Waals surface area contributed by atoms with Gasteiger partial charge >= 0.3 is 0 Å². The Morgan fingerprint density at radius 3 is 2.73 bits per heavy atom. The van der Waals surface area contributed by atoms with Crippen molar-refractivity contribution in [3.63, 3.8) is 0 Å². The van der Waals surface area contributed by atoms with Gasteiger partial charge in [0.25, 0.3) is 0 Å². The molecule has 72 valence electrons. The van der Waals surface area contributed by atoms with Gasteiger partial charge in [0.15, 0.2) is 0 Å². The summed E-state index contributed by atoms with van der Waals surface area (Å²) < 4.78 is 1.54. The molecule has 3 nitrogen and oxygen atoms in total. The molecule has 0 saturated heterocycles. The van der Waals surface area contributed by atoms with Crippen LogP contribution >= 0.6 is 27.3 Å². The zero-order valence-corrected chi connectivity index (χ0v) is 10.1. The van der Waals surface area contributed by atoms with Gasteiger partial charge in [-0.3, -0.25) is 0 Å². The van der Waals surface area contributed by atoms with E-state index in [2.05, 4.69) is 27.0 Å². The first-order valence-corrected chi connectivity index (χ1v) is 5.68. The fourth-order valence-electron chi connectivity index (χ4n) is 1.35. The van der Waals surface area contributed by atoms with E-state index >= 15 is 0 Å². The number of nitrogens with zero attached hydrogens (tertiary/aromatic N) is 3. The van der Waals surface area contributed by atoms with Crippen molar-refractivity contribution in [2.45, 2.75) is 6.92 Å². The van der Waals surface area contributed by atoms with E-state index in [-0.39, 0.29) is 0 Å². The lowest BCUT2D eigenvalue weighted by atomic mass is 10.1. The molecule has 0 unspecified atom stereocenters. The van der Waals surface area contributed by atoms with Crippen LogP contribution in [0.25, 0.3) is 10.2 Å². The number of benzene rings is 1. The van der Waals surface area contributed by atoms with Crippen LogP contribution in [0.4, 0.5) is 0 Å². The summed E-state index contributed by atoms with van der Waals surface area (Å²) in [5, 5.41) is 18.8. The molecule has 1 aromatic heterocycles. The normalized spacial score (nSPS) is 9.87. The summed E-state index contributed by atoms with van der Waals surface area (Å²) in [6.07, 6.45) is 0. The molecule has 5 heteroatoms. The van der Waals surface area contributed by atoms with Crippen molar-refractivity contribution in [3.8, 4) is 12.1 Å². The average Bonchev–Trinajstić information content (AvgIpc) is 2.60. The molecule has 2 aromatic rings. The molecule has 2 rings (SSSR count). The SMILES string of the molecule is Cc1nc2c(Br)cc(C#N)c(C#N)c2s1. The van der Waals surface area contributed by atoms with E-state index in [0.717, 1.165) is 19.7 Å². The molecule has 0 atom stereocenters. The van der Waals surface area contributed by atoms with Crippen molar-refractivity contribution >= 4 is 37.5 Å². The first kappa shape index (κ1) is 10.1. The summed E-state index contributed by atoms with van der Waals surface area (Å²) in [6.45, 7) is 1.88. The number of nitriles is 2. The molecule has 1 heterocycles. The molecule has 0 aliphatic rings. The lowest BCUT2D eigenvalue weighted by Gasteiger charge is -1.97. The largest absolute Gasteiger partial charge is 0.240 e. The maximum Gasteiger partial charge on any atom is 0.102 e. The minimum absolute atomic E-state index is 0.389. The van der Waals surface area contributed by atoms with Gasteiger partial charge in [-0.05, 0) is 28.9 Å². The first-order valence-electron chi connectivity index (χ1n) is 4.07. The third-order valence-electron chi connectivity index (χ3n) is 1.96. The van der Waals surface area contributed by atoms with E-state index in [9.17, 15) is 0 Å². The molecular weight excluding hydrogens is 274 g/mol. The Balaban J connectivity index is 3.00. The van der Waals surface area contributed by atoms with Crippen molar-refractivity contribution in [2.24, 2.45) is 0 Å². The minimum Gasteiger partial charge on any atom is -0.240 e. The van der Waals surface area contributed by atoms with Crippen molar-refractivity contribution in [2.75, 3.05) is 0 Å². The predicted octanol–water partition coefficient (Wildman–Crippen LogP) is 3.11. The second-order valence-electron chi connectivity index (χ2n) is 2.92. The first-order chi connectivity index (χ1) is 7.17. The molecule has 0 aliphatic carbocycles.